The van der Waals surface area contributed by atoms with E-state index in [4.69, 9.17) is 0 Å². The zero-order chi connectivity index (χ0) is 42.0. The van der Waals surface area contributed by atoms with Crippen LogP contribution in [0.2, 0.25) is 0 Å². The summed E-state index contributed by atoms with van der Waals surface area (Å²) in [6.45, 7) is 0. The number of hydrogen-bond donors (Lipinski definition) is 0. The van der Waals surface area contributed by atoms with Gasteiger partial charge < -0.3 is 9.80 Å². The van der Waals surface area contributed by atoms with E-state index in [1.807, 2.05) is 11.3 Å². The highest BCUT2D eigenvalue weighted by Gasteiger charge is 2.23. The van der Waals surface area contributed by atoms with Crippen LogP contribution in [0.4, 0.5) is 34.1 Å². The van der Waals surface area contributed by atoms with E-state index in [1.165, 1.54) is 64.7 Å². The van der Waals surface area contributed by atoms with Crippen molar-refractivity contribution in [2.45, 2.75) is 0 Å². The Bertz CT molecular complexity index is 3170. The summed E-state index contributed by atoms with van der Waals surface area (Å²) in [5, 5.41) is 3.66. The first-order valence-corrected chi connectivity index (χ1v) is 22.2. The van der Waals surface area contributed by atoms with Crippen molar-refractivity contribution in [1.29, 1.82) is 0 Å². The molecule has 0 aliphatic carbocycles. The summed E-state index contributed by atoms with van der Waals surface area (Å²) < 4.78 is 1.23. The number of fused-ring (bicyclic) bond motifs is 2. The Morgan fingerprint density at radius 3 is 1.21 bits per heavy atom. The molecule has 0 aliphatic heterocycles. The van der Waals surface area contributed by atoms with Crippen LogP contribution < -0.4 is 9.80 Å². The van der Waals surface area contributed by atoms with Gasteiger partial charge in [0.2, 0.25) is 0 Å². The van der Waals surface area contributed by atoms with Gasteiger partial charge >= 0.3 is 0 Å². The molecule has 0 N–H and O–H groups in total. The normalized spacial score (nSPS) is 11.2. The van der Waals surface area contributed by atoms with Gasteiger partial charge in [-0.05, 0) is 99.9 Å². The summed E-state index contributed by atoms with van der Waals surface area (Å²) in [5.74, 6) is 0. The molecule has 0 unspecified atom stereocenters. The molecule has 3 heteroatoms. The smallest absolute Gasteiger partial charge is 0.0540 e. The molecule has 0 radical (unpaired) electrons. The molecular formula is C60H42N2S. The third-order valence-corrected chi connectivity index (χ3v) is 13.1. The molecule has 0 bridgehead atoms. The predicted octanol–water partition coefficient (Wildman–Crippen LogP) is 17.7. The second kappa shape index (κ2) is 16.8. The highest BCUT2D eigenvalue weighted by atomic mass is 32.1. The SMILES string of the molecule is c1ccc(-c2ccc(N(c3ccc(-c4ccccc4)cc3)c3ccc4c(-c5ccccc5)c(-c5ccc(N(c6ccccc6)c6ccccc6)c6ccccc56)sc4c3)cc2)cc1. The van der Waals surface area contributed by atoms with E-state index >= 15 is 0 Å². The summed E-state index contributed by atoms with van der Waals surface area (Å²) in [4.78, 5) is 6.01. The van der Waals surface area contributed by atoms with Crippen LogP contribution in [0.15, 0.2) is 255 Å². The van der Waals surface area contributed by atoms with Crippen molar-refractivity contribution in [2.24, 2.45) is 0 Å². The van der Waals surface area contributed by atoms with Crippen molar-refractivity contribution < 1.29 is 0 Å². The van der Waals surface area contributed by atoms with Crippen molar-refractivity contribution >= 4 is 66.3 Å². The number of thiophene rings is 1. The van der Waals surface area contributed by atoms with Crippen molar-refractivity contribution in [1.82, 2.24) is 0 Å². The number of nitrogens with zero attached hydrogens (tertiary/aromatic N) is 2. The number of rotatable bonds is 10. The Balaban J connectivity index is 1.08. The van der Waals surface area contributed by atoms with Gasteiger partial charge in [-0.1, -0.05) is 188 Å². The van der Waals surface area contributed by atoms with Crippen molar-refractivity contribution in [3.8, 4) is 43.8 Å². The Labute approximate surface area is 372 Å². The van der Waals surface area contributed by atoms with Crippen LogP contribution in [0.5, 0.6) is 0 Å². The molecule has 0 saturated heterocycles. The third-order valence-electron chi connectivity index (χ3n) is 11.9. The largest absolute Gasteiger partial charge is 0.310 e. The van der Waals surface area contributed by atoms with E-state index < -0.39 is 0 Å². The van der Waals surface area contributed by atoms with Gasteiger partial charge in [0, 0.05) is 59.9 Å². The molecule has 11 rings (SSSR count). The Hall–Kier alpha value is -7.98. The Kier molecular flexibility index (Phi) is 10.1. The monoisotopic (exact) mass is 822 g/mol. The summed E-state index contributed by atoms with van der Waals surface area (Å²) >= 11 is 1.87. The van der Waals surface area contributed by atoms with E-state index in [-0.39, 0.29) is 0 Å². The standard InChI is InChI=1S/C60H42N2S/c1-6-18-43(19-7-1)45-30-34-50(35-31-45)61(51-36-32-46(33-37-51)44-20-8-2-9-21-44)52-38-39-56-58(42-52)63-60(59(56)47-22-10-3-11-23-47)55-40-41-57(54-29-17-16-28-53(54)55)62(48-24-12-4-13-25-48)49-26-14-5-15-27-49/h1-42H. The fraction of sp³-hybridized carbons (Fsp3) is 0. The molecule has 11 aromatic rings. The minimum atomic E-state index is 1.10. The number of anilines is 6. The third kappa shape index (κ3) is 7.35. The average Bonchev–Trinajstić information content (AvgIpc) is 3.75. The van der Waals surface area contributed by atoms with Crippen LogP contribution in [0, 0.1) is 0 Å². The van der Waals surface area contributed by atoms with E-state index in [0.717, 1.165) is 34.1 Å². The zero-order valence-electron chi connectivity index (χ0n) is 34.6. The van der Waals surface area contributed by atoms with Gasteiger partial charge in [-0.15, -0.1) is 11.3 Å². The summed E-state index contributed by atoms with van der Waals surface area (Å²) in [7, 11) is 0. The van der Waals surface area contributed by atoms with Gasteiger partial charge in [-0.2, -0.15) is 0 Å². The highest BCUT2D eigenvalue weighted by Crippen LogP contribution is 2.50. The topological polar surface area (TPSA) is 6.48 Å². The average molecular weight is 823 g/mol. The van der Waals surface area contributed by atoms with E-state index in [9.17, 15) is 0 Å². The van der Waals surface area contributed by atoms with Crippen LogP contribution in [0.3, 0.4) is 0 Å². The second-order valence-electron chi connectivity index (χ2n) is 15.7. The fourth-order valence-corrected chi connectivity index (χ4v) is 10.2. The van der Waals surface area contributed by atoms with Gasteiger partial charge in [0.15, 0.2) is 0 Å². The molecule has 0 spiro atoms. The van der Waals surface area contributed by atoms with Gasteiger partial charge in [-0.25, -0.2) is 0 Å². The minimum Gasteiger partial charge on any atom is -0.310 e. The van der Waals surface area contributed by atoms with Gasteiger partial charge in [0.25, 0.3) is 0 Å². The van der Waals surface area contributed by atoms with Crippen molar-refractivity contribution in [2.75, 3.05) is 9.80 Å². The lowest BCUT2D eigenvalue weighted by Crippen LogP contribution is -2.10. The molecular weight excluding hydrogens is 781 g/mol. The molecule has 1 heterocycles. The maximum absolute atomic E-state index is 2.39. The second-order valence-corrected chi connectivity index (χ2v) is 16.8. The van der Waals surface area contributed by atoms with Gasteiger partial charge in [0.1, 0.15) is 0 Å². The van der Waals surface area contributed by atoms with Crippen LogP contribution in [0.25, 0.3) is 64.7 Å². The van der Waals surface area contributed by atoms with Crippen molar-refractivity contribution in [3.63, 3.8) is 0 Å². The molecule has 0 saturated carbocycles. The molecule has 2 nitrogen and oxygen atoms in total. The molecule has 0 fully saturated rings. The molecule has 10 aromatic carbocycles. The molecule has 63 heavy (non-hydrogen) atoms. The molecule has 0 atom stereocenters. The van der Waals surface area contributed by atoms with E-state index in [0.29, 0.717) is 0 Å². The lowest BCUT2D eigenvalue weighted by atomic mass is 9.94. The first kappa shape index (κ1) is 38.0. The summed E-state index contributed by atoms with van der Waals surface area (Å²) in [5.41, 5.74) is 15.2. The molecule has 0 aliphatic rings. The van der Waals surface area contributed by atoms with Crippen LogP contribution in [-0.4, -0.2) is 0 Å². The Morgan fingerprint density at radius 2 is 0.683 bits per heavy atom. The van der Waals surface area contributed by atoms with Crippen molar-refractivity contribution in [3.05, 3.63) is 255 Å². The van der Waals surface area contributed by atoms with Crippen LogP contribution >= 0.6 is 11.3 Å². The zero-order valence-corrected chi connectivity index (χ0v) is 35.4. The first-order valence-electron chi connectivity index (χ1n) is 21.4. The highest BCUT2D eigenvalue weighted by molar-refractivity contribution is 7.23. The maximum Gasteiger partial charge on any atom is 0.0540 e. The number of para-hydroxylation sites is 2. The first-order chi connectivity index (χ1) is 31.3. The van der Waals surface area contributed by atoms with Gasteiger partial charge in [0.05, 0.1) is 5.69 Å². The minimum absolute atomic E-state index is 1.10. The quantitative estimate of drug-likeness (QED) is 0.136. The summed E-state index contributed by atoms with van der Waals surface area (Å²) in [6, 6.07) is 91.9. The number of hydrogen-bond acceptors (Lipinski definition) is 3. The van der Waals surface area contributed by atoms with Crippen LogP contribution in [-0.2, 0) is 0 Å². The maximum atomic E-state index is 2.39. The van der Waals surface area contributed by atoms with E-state index in [1.54, 1.807) is 0 Å². The number of benzene rings is 10. The predicted molar refractivity (Wildman–Crippen MR) is 270 cm³/mol. The van der Waals surface area contributed by atoms with Crippen LogP contribution in [0.1, 0.15) is 0 Å². The summed E-state index contributed by atoms with van der Waals surface area (Å²) in [6.07, 6.45) is 0. The fourth-order valence-electron chi connectivity index (χ4n) is 8.88. The van der Waals surface area contributed by atoms with Gasteiger partial charge in [-0.3, -0.25) is 0 Å². The molecule has 298 valence electrons. The molecule has 0 amide bonds. The Morgan fingerprint density at radius 1 is 0.270 bits per heavy atom. The van der Waals surface area contributed by atoms with E-state index in [2.05, 4.69) is 265 Å². The lowest BCUT2D eigenvalue weighted by molar-refractivity contribution is 1.29. The molecule has 1 aromatic heterocycles. The lowest BCUT2D eigenvalue weighted by Gasteiger charge is -2.27.